The Morgan fingerprint density at radius 2 is 1.36 bits per heavy atom. The molecule has 2 heterocycles. The van der Waals surface area contributed by atoms with Crippen LogP contribution in [0.15, 0.2) is 121 Å². The average Bonchev–Trinajstić information content (AvgIpc) is 3.52. The lowest BCUT2D eigenvalue weighted by Gasteiger charge is -2.27. The molecule has 0 atom stereocenters. The molecule has 2 aliphatic heterocycles. The number of carboxylic acids is 2. The highest BCUT2D eigenvalue weighted by Crippen LogP contribution is 2.51. The number of anilines is 1. The topological polar surface area (TPSA) is 138 Å². The Balaban J connectivity index is 0.000000867. The average molecular weight is 831 g/mol. The van der Waals surface area contributed by atoms with Crippen LogP contribution in [0.4, 0.5) is 24.5 Å². The summed E-state index contributed by atoms with van der Waals surface area (Å²) in [4.78, 5) is 22.3. The summed E-state index contributed by atoms with van der Waals surface area (Å²) < 4.78 is 65.9. The van der Waals surface area contributed by atoms with E-state index in [0.29, 0.717) is 25.8 Å². The molecule has 312 valence electrons. The van der Waals surface area contributed by atoms with Crippen LogP contribution in [0.3, 0.4) is 0 Å². The largest absolute Gasteiger partial charge is 0.542 e. The van der Waals surface area contributed by atoms with E-state index < -0.39 is 28.2 Å². The molecular weight excluding hydrogens is 782 g/mol. The van der Waals surface area contributed by atoms with Gasteiger partial charge >= 0.3 is 12.1 Å². The van der Waals surface area contributed by atoms with Crippen molar-refractivity contribution < 1.29 is 50.5 Å². The van der Waals surface area contributed by atoms with E-state index in [4.69, 9.17) is 9.90 Å². The van der Waals surface area contributed by atoms with E-state index >= 15 is 0 Å². The molecule has 2 aliphatic rings. The summed E-state index contributed by atoms with van der Waals surface area (Å²) in [6.45, 7) is 10.4. The number of alkyl halides is 3. The van der Waals surface area contributed by atoms with Crippen LogP contribution in [0.25, 0.3) is 21.5 Å². The predicted octanol–water partition coefficient (Wildman–Crippen LogP) is 8.94. The van der Waals surface area contributed by atoms with Gasteiger partial charge in [-0.25, -0.2) is 0 Å². The number of aliphatic carboxylic acids is 2. The van der Waals surface area contributed by atoms with Crippen LogP contribution >= 0.6 is 0 Å². The van der Waals surface area contributed by atoms with Crippen molar-refractivity contribution in [3.63, 3.8) is 0 Å². The van der Waals surface area contributed by atoms with Gasteiger partial charge in [0, 0.05) is 53.9 Å². The second-order valence-corrected chi connectivity index (χ2v) is 17.2. The number of hydrogen-bond acceptors (Lipinski definition) is 6. The zero-order chi connectivity index (χ0) is 43.2. The molecule has 4 aromatic rings. The van der Waals surface area contributed by atoms with Gasteiger partial charge in [0.2, 0.25) is 5.69 Å². The lowest BCUT2D eigenvalue weighted by Crippen LogP contribution is -2.37. The molecule has 9 nitrogen and oxygen atoms in total. The summed E-state index contributed by atoms with van der Waals surface area (Å²) in [6.07, 6.45) is 12.0. The molecule has 0 unspecified atom stereocenters. The number of hydrogen-bond donors (Lipinski definition) is 2. The van der Waals surface area contributed by atoms with Crippen molar-refractivity contribution in [2.24, 2.45) is 0 Å². The minimum absolute atomic E-state index is 0.171. The van der Waals surface area contributed by atoms with E-state index in [1.54, 1.807) is 0 Å². The molecule has 4 aromatic carbocycles. The Kier molecular flexibility index (Phi) is 13.7. The smallest absolute Gasteiger partial charge is 0.430 e. The van der Waals surface area contributed by atoms with Crippen molar-refractivity contribution in [3.8, 4) is 0 Å². The Morgan fingerprint density at radius 1 is 0.780 bits per heavy atom. The van der Waals surface area contributed by atoms with Gasteiger partial charge in [-0.1, -0.05) is 98.8 Å². The highest BCUT2D eigenvalue weighted by Gasteiger charge is 2.45. The SMILES string of the molecule is CC1(C)C(/C=C/C=C/C=C/C=C2/N(CCCCC(=O)O)c3ccc4ccccc4c3C2(C)C)=[N+](CCCCS(=O)(=O)O)c2ccc3ccccc3c21.O=C([O-])C(F)(F)F. The maximum absolute atomic E-state index is 11.4. The summed E-state index contributed by atoms with van der Waals surface area (Å²) in [7, 11) is -4.00. The highest BCUT2D eigenvalue weighted by molar-refractivity contribution is 7.85. The van der Waals surface area contributed by atoms with Crippen molar-refractivity contribution in [2.45, 2.75) is 76.8 Å². The third-order valence-electron chi connectivity index (χ3n) is 10.7. The van der Waals surface area contributed by atoms with E-state index in [9.17, 15) is 36.0 Å². The molecule has 13 heteroatoms. The minimum Gasteiger partial charge on any atom is -0.542 e. The molecule has 0 saturated heterocycles. The molecule has 0 aromatic heterocycles. The van der Waals surface area contributed by atoms with Gasteiger partial charge in [0.15, 0.2) is 5.71 Å². The van der Waals surface area contributed by atoms with E-state index in [1.165, 1.54) is 44.1 Å². The van der Waals surface area contributed by atoms with Gasteiger partial charge in [-0.05, 0) is 78.4 Å². The Labute approximate surface area is 342 Å². The van der Waals surface area contributed by atoms with Crippen LogP contribution in [0.1, 0.15) is 70.9 Å². The third kappa shape index (κ3) is 10.4. The molecule has 0 aliphatic carbocycles. The first-order valence-corrected chi connectivity index (χ1v) is 21.0. The number of carbonyl (C=O) groups excluding carboxylic acids is 1. The number of carboxylic acid groups (broad SMARTS) is 2. The van der Waals surface area contributed by atoms with Crippen molar-refractivity contribution in [1.82, 2.24) is 0 Å². The Bertz CT molecular complexity index is 2500. The van der Waals surface area contributed by atoms with Gasteiger partial charge in [0.1, 0.15) is 12.5 Å². The van der Waals surface area contributed by atoms with Crippen molar-refractivity contribution in [3.05, 3.63) is 132 Å². The van der Waals surface area contributed by atoms with Gasteiger partial charge in [-0.2, -0.15) is 26.2 Å². The predicted molar refractivity (Wildman–Crippen MR) is 225 cm³/mol. The molecule has 2 N–H and O–H groups in total. The molecule has 0 fully saturated rings. The number of allylic oxidation sites excluding steroid dienone is 8. The second-order valence-electron chi connectivity index (χ2n) is 15.6. The maximum Gasteiger partial charge on any atom is 0.430 e. The lowest BCUT2D eigenvalue weighted by atomic mass is 9.79. The van der Waals surface area contributed by atoms with Crippen molar-refractivity contribution in [2.75, 3.05) is 23.7 Å². The zero-order valence-corrected chi connectivity index (χ0v) is 34.3. The van der Waals surface area contributed by atoms with E-state index in [1.807, 2.05) is 18.2 Å². The van der Waals surface area contributed by atoms with Gasteiger partial charge in [-0.3, -0.25) is 9.35 Å². The standard InChI is InChI=1S/C44H48N2O5S.C2HF3O2/c1-43(2)38(45(29-15-14-24-40(47)48)36-27-25-32-18-10-12-20-34(32)41(36)43)22-8-6-5-7-9-23-39-44(3,4)42-35-21-13-11-19-33(35)26-28-37(42)46(39)30-16-17-31-52(49,50)51;3-2(4,5)1(6)7/h5-13,18-23,25-28H,14-17,24,29-31H2,1-4H3,(H-,47,48,49,50,51);(H,6,7). The molecule has 6 rings (SSSR count). The fraction of sp³-hybridized carbons (Fsp3) is 0.326. The first-order valence-electron chi connectivity index (χ1n) is 19.4. The summed E-state index contributed by atoms with van der Waals surface area (Å²) in [5.74, 6) is -4.01. The summed E-state index contributed by atoms with van der Waals surface area (Å²) in [6, 6.07) is 25.6. The van der Waals surface area contributed by atoms with Crippen molar-refractivity contribution >= 4 is 60.7 Å². The first kappa shape index (κ1) is 44.6. The Morgan fingerprint density at radius 3 is 1.97 bits per heavy atom. The van der Waals surface area contributed by atoms with Crippen LogP contribution in [-0.4, -0.2) is 65.3 Å². The zero-order valence-electron chi connectivity index (χ0n) is 33.5. The fourth-order valence-corrected chi connectivity index (χ4v) is 8.71. The van der Waals surface area contributed by atoms with Gasteiger partial charge in [-0.15, -0.1) is 0 Å². The van der Waals surface area contributed by atoms with E-state index in [2.05, 4.69) is 134 Å². The molecule has 0 spiro atoms. The van der Waals surface area contributed by atoms with Crippen molar-refractivity contribution in [1.29, 1.82) is 0 Å². The summed E-state index contributed by atoms with van der Waals surface area (Å²) >= 11 is 0. The minimum atomic E-state index is -5.19. The number of nitrogens with zero attached hydrogens (tertiary/aromatic N) is 2. The molecular formula is C46H49F3N2O7S. The number of rotatable bonds is 14. The van der Waals surface area contributed by atoms with Crippen LogP contribution in [-0.2, 0) is 30.5 Å². The van der Waals surface area contributed by atoms with E-state index in [0.717, 1.165) is 24.4 Å². The van der Waals surface area contributed by atoms with Gasteiger partial charge in [0.25, 0.3) is 10.1 Å². The number of carbonyl (C=O) groups is 2. The van der Waals surface area contributed by atoms with E-state index in [-0.39, 0.29) is 23.0 Å². The number of unbranched alkanes of at least 4 members (excludes halogenated alkanes) is 2. The summed E-state index contributed by atoms with van der Waals surface area (Å²) in [5, 5.41) is 22.8. The number of benzene rings is 4. The van der Waals surface area contributed by atoms with Crippen LogP contribution < -0.4 is 10.0 Å². The molecule has 59 heavy (non-hydrogen) atoms. The molecule has 0 amide bonds. The number of halogens is 3. The van der Waals surface area contributed by atoms with Crippen LogP contribution in [0.2, 0.25) is 0 Å². The third-order valence-corrected chi connectivity index (χ3v) is 11.6. The quantitative estimate of drug-likeness (QED) is 0.0556. The highest BCUT2D eigenvalue weighted by atomic mass is 32.2. The summed E-state index contributed by atoms with van der Waals surface area (Å²) in [5.41, 5.74) is 6.67. The monoisotopic (exact) mass is 830 g/mol. The fourth-order valence-electron chi connectivity index (χ4n) is 8.14. The van der Waals surface area contributed by atoms with Crippen LogP contribution in [0, 0.1) is 0 Å². The lowest BCUT2D eigenvalue weighted by molar-refractivity contribution is -0.438. The normalized spacial score (nSPS) is 16.7. The first-order chi connectivity index (χ1) is 27.7. The molecule has 0 bridgehead atoms. The second kappa shape index (κ2) is 18.2. The molecule has 0 radical (unpaired) electrons. The molecule has 0 saturated carbocycles. The van der Waals surface area contributed by atoms with Gasteiger partial charge in [0.05, 0.1) is 11.2 Å². The van der Waals surface area contributed by atoms with Crippen LogP contribution in [0.5, 0.6) is 0 Å². The van der Waals surface area contributed by atoms with Gasteiger partial charge < -0.3 is 19.9 Å². The number of fused-ring (bicyclic) bond motifs is 6. The Hall–Kier alpha value is -5.53. The maximum atomic E-state index is 11.4.